The van der Waals surface area contributed by atoms with E-state index in [4.69, 9.17) is 11.6 Å². The second-order valence-electron chi connectivity index (χ2n) is 5.30. The van der Waals surface area contributed by atoms with Gasteiger partial charge in [-0.1, -0.05) is 29.8 Å². The standard InChI is InChI=1S/C18H16ClN3OS2/c19-14-5-3-4-13(8-14)9-16-10-21-18(25-16)22-17(23)12-24-11-15-6-1-2-7-20-15/h1-8,10H,9,11-12H2,(H,21,22,23). The molecule has 1 aromatic carbocycles. The highest BCUT2D eigenvalue weighted by atomic mass is 35.5. The monoisotopic (exact) mass is 389 g/mol. The number of aromatic nitrogens is 2. The molecule has 0 aliphatic heterocycles. The van der Waals surface area contributed by atoms with Crippen molar-refractivity contribution in [3.05, 3.63) is 76.0 Å². The predicted molar refractivity (Wildman–Crippen MR) is 105 cm³/mol. The number of rotatable bonds is 7. The summed E-state index contributed by atoms with van der Waals surface area (Å²) in [5.74, 6) is 1.04. The highest BCUT2D eigenvalue weighted by Gasteiger charge is 2.08. The van der Waals surface area contributed by atoms with Crippen LogP contribution in [0.2, 0.25) is 5.02 Å². The number of carbonyl (C=O) groups excluding carboxylic acids is 1. The van der Waals surface area contributed by atoms with Gasteiger partial charge in [-0.3, -0.25) is 9.78 Å². The molecule has 4 nitrogen and oxygen atoms in total. The third-order valence-corrected chi connectivity index (χ3v) is 5.39. The van der Waals surface area contributed by atoms with E-state index in [9.17, 15) is 4.79 Å². The van der Waals surface area contributed by atoms with Crippen LogP contribution in [-0.4, -0.2) is 21.6 Å². The number of anilines is 1. The van der Waals surface area contributed by atoms with Gasteiger partial charge in [0, 0.05) is 34.5 Å². The highest BCUT2D eigenvalue weighted by Crippen LogP contribution is 2.22. The topological polar surface area (TPSA) is 54.9 Å². The van der Waals surface area contributed by atoms with Crippen molar-refractivity contribution in [2.75, 3.05) is 11.1 Å². The number of amides is 1. The minimum atomic E-state index is -0.0513. The lowest BCUT2D eigenvalue weighted by molar-refractivity contribution is -0.113. The van der Waals surface area contributed by atoms with Crippen LogP contribution in [0.4, 0.5) is 5.13 Å². The van der Waals surface area contributed by atoms with Gasteiger partial charge >= 0.3 is 0 Å². The quantitative estimate of drug-likeness (QED) is 0.638. The van der Waals surface area contributed by atoms with Crippen molar-refractivity contribution >= 4 is 45.7 Å². The Hall–Kier alpha value is -1.89. The zero-order valence-electron chi connectivity index (χ0n) is 13.3. The van der Waals surface area contributed by atoms with Crippen molar-refractivity contribution in [2.45, 2.75) is 12.2 Å². The first-order valence-electron chi connectivity index (χ1n) is 7.66. The largest absolute Gasteiger partial charge is 0.301 e. The molecular weight excluding hydrogens is 374 g/mol. The fourth-order valence-electron chi connectivity index (χ4n) is 2.18. The second-order valence-corrected chi connectivity index (χ2v) is 7.84. The summed E-state index contributed by atoms with van der Waals surface area (Å²) < 4.78 is 0. The van der Waals surface area contributed by atoms with Gasteiger partial charge in [0.25, 0.3) is 0 Å². The van der Waals surface area contributed by atoms with Crippen LogP contribution in [0, 0.1) is 0 Å². The Bertz CT molecular complexity index is 839. The maximum absolute atomic E-state index is 12.0. The molecule has 2 heterocycles. The fraction of sp³-hybridized carbons (Fsp3) is 0.167. The first-order valence-corrected chi connectivity index (χ1v) is 10.0. The van der Waals surface area contributed by atoms with E-state index in [1.165, 1.54) is 23.1 Å². The molecule has 3 aromatic rings. The number of hydrogen-bond donors (Lipinski definition) is 1. The molecule has 1 N–H and O–H groups in total. The van der Waals surface area contributed by atoms with Gasteiger partial charge in [-0.25, -0.2) is 4.98 Å². The molecule has 3 rings (SSSR count). The van der Waals surface area contributed by atoms with Crippen LogP contribution >= 0.6 is 34.7 Å². The number of nitrogens with zero attached hydrogens (tertiary/aromatic N) is 2. The van der Waals surface area contributed by atoms with Crippen molar-refractivity contribution in [3.63, 3.8) is 0 Å². The summed E-state index contributed by atoms with van der Waals surface area (Å²) in [6.07, 6.45) is 4.30. The van der Waals surface area contributed by atoms with Crippen LogP contribution in [0.3, 0.4) is 0 Å². The van der Waals surface area contributed by atoms with E-state index in [-0.39, 0.29) is 5.91 Å². The molecular formula is C18H16ClN3OS2. The lowest BCUT2D eigenvalue weighted by atomic mass is 10.1. The van der Waals surface area contributed by atoms with Gasteiger partial charge in [0.1, 0.15) is 0 Å². The SMILES string of the molecule is O=C(CSCc1ccccn1)Nc1ncc(Cc2cccc(Cl)c2)s1. The maximum Gasteiger partial charge on any atom is 0.236 e. The zero-order chi connectivity index (χ0) is 17.5. The van der Waals surface area contributed by atoms with Crippen LogP contribution in [0.15, 0.2) is 54.9 Å². The lowest BCUT2D eigenvalue weighted by Crippen LogP contribution is -2.13. The molecule has 0 atom stereocenters. The second kappa shape index (κ2) is 8.99. The van der Waals surface area contributed by atoms with Gasteiger partial charge < -0.3 is 5.32 Å². The van der Waals surface area contributed by atoms with Gasteiger partial charge in [-0.05, 0) is 29.8 Å². The number of pyridine rings is 1. The third-order valence-electron chi connectivity index (χ3n) is 3.28. The summed E-state index contributed by atoms with van der Waals surface area (Å²) in [5.41, 5.74) is 2.10. The number of thioether (sulfide) groups is 1. The van der Waals surface area contributed by atoms with Crippen LogP contribution < -0.4 is 5.32 Å². The van der Waals surface area contributed by atoms with Gasteiger partial charge in [0.2, 0.25) is 5.91 Å². The molecule has 0 aliphatic rings. The summed E-state index contributed by atoms with van der Waals surface area (Å²) >= 11 is 9.02. The number of hydrogen-bond acceptors (Lipinski definition) is 5. The molecule has 2 aromatic heterocycles. The number of carbonyl (C=O) groups is 1. The Labute approximate surface area is 159 Å². The average Bonchev–Trinajstić information content (AvgIpc) is 3.02. The zero-order valence-corrected chi connectivity index (χ0v) is 15.7. The molecule has 1 amide bonds. The first kappa shape index (κ1) is 17.9. The predicted octanol–water partition coefficient (Wildman–Crippen LogP) is 4.65. The molecule has 0 radical (unpaired) electrons. The minimum Gasteiger partial charge on any atom is -0.301 e. The van der Waals surface area contributed by atoms with E-state index in [1.807, 2.05) is 42.5 Å². The highest BCUT2D eigenvalue weighted by molar-refractivity contribution is 7.99. The number of halogens is 1. The first-order chi connectivity index (χ1) is 12.2. The molecule has 0 aliphatic carbocycles. The lowest BCUT2D eigenvalue weighted by Gasteiger charge is -2.02. The molecule has 0 saturated heterocycles. The van der Waals surface area contributed by atoms with Crippen LogP contribution in [0.25, 0.3) is 0 Å². The summed E-state index contributed by atoms with van der Waals surface area (Å²) in [4.78, 5) is 21.6. The molecule has 25 heavy (non-hydrogen) atoms. The number of benzene rings is 1. The number of thiazole rings is 1. The molecule has 128 valence electrons. The van der Waals surface area contributed by atoms with E-state index >= 15 is 0 Å². The van der Waals surface area contributed by atoms with Crippen LogP contribution in [0.5, 0.6) is 0 Å². The molecule has 0 bridgehead atoms. The molecule has 7 heteroatoms. The van der Waals surface area contributed by atoms with E-state index in [1.54, 1.807) is 12.4 Å². The molecule has 0 fully saturated rings. The van der Waals surface area contributed by atoms with Gasteiger partial charge in [-0.15, -0.1) is 23.1 Å². The van der Waals surface area contributed by atoms with Gasteiger partial charge in [-0.2, -0.15) is 0 Å². The Morgan fingerprint density at radius 1 is 1.20 bits per heavy atom. The molecule has 0 saturated carbocycles. The fourth-order valence-corrected chi connectivity index (χ4v) is 4.00. The van der Waals surface area contributed by atoms with E-state index in [2.05, 4.69) is 15.3 Å². The number of nitrogens with one attached hydrogen (secondary N) is 1. The van der Waals surface area contributed by atoms with Crippen molar-refractivity contribution in [1.29, 1.82) is 0 Å². The Balaban J connectivity index is 1.46. The van der Waals surface area contributed by atoms with Crippen molar-refractivity contribution in [1.82, 2.24) is 9.97 Å². The van der Waals surface area contributed by atoms with E-state index < -0.39 is 0 Å². The van der Waals surface area contributed by atoms with Crippen LogP contribution in [0.1, 0.15) is 16.1 Å². The molecule has 0 spiro atoms. The van der Waals surface area contributed by atoms with E-state index in [0.29, 0.717) is 16.6 Å². The maximum atomic E-state index is 12.0. The average molecular weight is 390 g/mol. The minimum absolute atomic E-state index is 0.0513. The summed E-state index contributed by atoms with van der Waals surface area (Å²) in [6.45, 7) is 0. The van der Waals surface area contributed by atoms with Gasteiger partial charge in [0.15, 0.2) is 5.13 Å². The van der Waals surface area contributed by atoms with Crippen molar-refractivity contribution in [2.24, 2.45) is 0 Å². The smallest absolute Gasteiger partial charge is 0.236 e. The summed E-state index contributed by atoms with van der Waals surface area (Å²) in [7, 11) is 0. The Morgan fingerprint density at radius 2 is 2.12 bits per heavy atom. The third kappa shape index (κ3) is 5.85. The van der Waals surface area contributed by atoms with Crippen molar-refractivity contribution in [3.8, 4) is 0 Å². The van der Waals surface area contributed by atoms with Gasteiger partial charge in [0.05, 0.1) is 11.4 Å². The van der Waals surface area contributed by atoms with Crippen LogP contribution in [-0.2, 0) is 17.0 Å². The summed E-state index contributed by atoms with van der Waals surface area (Å²) in [5, 5.41) is 4.20. The van der Waals surface area contributed by atoms with Crippen molar-refractivity contribution < 1.29 is 4.79 Å². The normalized spacial score (nSPS) is 10.6. The summed E-state index contributed by atoms with van der Waals surface area (Å²) in [6, 6.07) is 13.5. The Morgan fingerprint density at radius 3 is 2.92 bits per heavy atom. The Kier molecular flexibility index (Phi) is 6.44. The molecule has 0 unspecified atom stereocenters. The van der Waals surface area contributed by atoms with E-state index in [0.717, 1.165) is 27.6 Å².